The van der Waals surface area contributed by atoms with E-state index in [4.69, 9.17) is 23.4 Å². The minimum absolute atomic E-state index is 0.360. The molecule has 6 rings (SSSR count). The van der Waals surface area contributed by atoms with Gasteiger partial charge in [-0.05, 0) is 36.4 Å². The van der Waals surface area contributed by atoms with E-state index in [9.17, 15) is 70.2 Å². The lowest BCUT2D eigenvalue weighted by molar-refractivity contribution is -0.216. The number of ketones is 1. The molecule has 51 heavy (non-hydrogen) atoms. The van der Waals surface area contributed by atoms with Crippen LogP contribution in [-0.2, 0) is 18.9 Å². The predicted molar refractivity (Wildman–Crippen MR) is 160 cm³/mol. The summed E-state index contributed by atoms with van der Waals surface area (Å²) in [6.07, 6.45) is -9.14. The van der Waals surface area contributed by atoms with Crippen LogP contribution in [0, 0.1) is 0 Å². The summed E-state index contributed by atoms with van der Waals surface area (Å²) in [5, 5.41) is 104. The number of carbonyl (C=O) groups excluding carboxylic acids is 4. The van der Waals surface area contributed by atoms with Crippen molar-refractivity contribution in [2.45, 2.75) is 30.5 Å². The molecule has 2 aliphatic heterocycles. The quantitative estimate of drug-likeness (QED) is 0.0615. The van der Waals surface area contributed by atoms with Crippen LogP contribution in [0.15, 0.2) is 47.1 Å². The Morgan fingerprint density at radius 2 is 1.27 bits per heavy atom. The Bertz CT molecular complexity index is 2080. The van der Waals surface area contributed by atoms with E-state index in [0.717, 1.165) is 6.26 Å². The molecule has 0 spiro atoms. The minimum Gasteiger partial charge on any atom is -0.504 e. The molecule has 0 bridgehead atoms. The summed E-state index contributed by atoms with van der Waals surface area (Å²) < 4.78 is 27.1. The molecule has 0 saturated carbocycles. The molecule has 1 fully saturated rings. The van der Waals surface area contributed by atoms with E-state index in [1.165, 1.54) is 12.1 Å². The van der Waals surface area contributed by atoms with Gasteiger partial charge in [-0.2, -0.15) is 0 Å². The number of cyclic esters (lactones) is 1. The number of phenolic OH excluding ortho intramolecular Hbond substituents is 9. The summed E-state index contributed by atoms with van der Waals surface area (Å²) >= 11 is 0. The number of hydrogen-bond acceptors (Lipinski definition) is 19. The highest BCUT2D eigenvalue weighted by molar-refractivity contribution is 6.08. The molecule has 3 heterocycles. The van der Waals surface area contributed by atoms with Gasteiger partial charge in [0, 0.05) is 11.1 Å². The van der Waals surface area contributed by atoms with Gasteiger partial charge in [0.05, 0.1) is 23.0 Å². The maximum atomic E-state index is 13.9. The zero-order valence-electron chi connectivity index (χ0n) is 25.3. The van der Waals surface area contributed by atoms with E-state index in [1.54, 1.807) is 0 Å². The molecule has 266 valence electrons. The maximum Gasteiger partial charge on any atom is 0.339 e. The van der Waals surface area contributed by atoms with Crippen LogP contribution in [0.1, 0.15) is 41.6 Å². The third kappa shape index (κ3) is 5.70. The van der Waals surface area contributed by atoms with Gasteiger partial charge in [0.1, 0.15) is 18.8 Å². The van der Waals surface area contributed by atoms with Crippen LogP contribution in [0.25, 0.3) is 11.1 Å². The molecule has 5 atom stereocenters. The average molecular weight is 713 g/mol. The zero-order valence-corrected chi connectivity index (χ0v) is 25.3. The van der Waals surface area contributed by atoms with Crippen molar-refractivity contribution in [1.82, 2.24) is 0 Å². The van der Waals surface area contributed by atoms with Crippen molar-refractivity contribution in [3.8, 4) is 62.9 Å². The summed E-state index contributed by atoms with van der Waals surface area (Å²) in [4.78, 5) is 54.1. The fraction of sp³-hybridized carbons (Fsp3) is 0.188. The van der Waals surface area contributed by atoms with Crippen molar-refractivity contribution in [3.05, 3.63) is 65.1 Å². The Balaban J connectivity index is 1.52. The number of ether oxygens (including phenoxy) is 4. The first kappa shape index (κ1) is 34.0. The standard InChI is InChI=1S/C32H24O19/c33-12-4-9(5-13(34)20(12)37)30(44)51-29-26(43)28(23(40)16-2-1-3-47-16)49-17-8-48-31(45)10-6-14(35)21(38)24(41)18(10)19-11(32(46)50-27(17)29)7-15(36)22(39)25(19)42/h1-7,17,26-29,33-39,41-43H,8H2/t17-,26+,27-,28+,29-/m1/s1. The summed E-state index contributed by atoms with van der Waals surface area (Å²) in [5.74, 6) is -16.2. The molecule has 1 saturated heterocycles. The molecule has 0 aliphatic carbocycles. The highest BCUT2D eigenvalue weighted by atomic mass is 16.6. The number of phenols is 9. The van der Waals surface area contributed by atoms with Crippen molar-refractivity contribution < 1.29 is 93.6 Å². The van der Waals surface area contributed by atoms with Crippen LogP contribution in [0.4, 0.5) is 0 Å². The number of aliphatic hydroxyl groups is 1. The van der Waals surface area contributed by atoms with E-state index in [2.05, 4.69) is 0 Å². The second-order valence-electron chi connectivity index (χ2n) is 11.2. The Morgan fingerprint density at radius 1 is 0.725 bits per heavy atom. The summed E-state index contributed by atoms with van der Waals surface area (Å²) in [7, 11) is 0. The molecule has 10 N–H and O–H groups in total. The van der Waals surface area contributed by atoms with Crippen molar-refractivity contribution in [3.63, 3.8) is 0 Å². The number of esters is 3. The highest BCUT2D eigenvalue weighted by Crippen LogP contribution is 2.53. The third-order valence-electron chi connectivity index (χ3n) is 8.05. The SMILES string of the molecule is O=C(O[C@@H]1[C@@H](O)[C@H](C(=O)c2ccco2)O[C@@H]2COC(=O)c3cc(O)c(O)c(O)c3-c3c(cc(O)c(O)c3O)C(=O)O[C@@H]12)c1cc(O)c(O)c(O)c1. The number of carbonyl (C=O) groups is 4. The molecule has 3 aromatic carbocycles. The number of aromatic hydroxyl groups is 9. The van der Waals surface area contributed by atoms with Crippen LogP contribution < -0.4 is 0 Å². The first-order valence-corrected chi connectivity index (χ1v) is 14.4. The Kier molecular flexibility index (Phi) is 8.37. The van der Waals surface area contributed by atoms with Gasteiger partial charge in [-0.3, -0.25) is 4.79 Å². The van der Waals surface area contributed by atoms with Gasteiger partial charge in [0.15, 0.2) is 64.3 Å². The molecule has 2 aliphatic rings. The molecule has 0 amide bonds. The maximum absolute atomic E-state index is 13.9. The average Bonchev–Trinajstić information content (AvgIpc) is 3.64. The number of aliphatic hydroxyl groups excluding tert-OH is 1. The van der Waals surface area contributed by atoms with Gasteiger partial charge in [-0.15, -0.1) is 0 Å². The lowest BCUT2D eigenvalue weighted by Gasteiger charge is -2.42. The topological polar surface area (TPSA) is 321 Å². The van der Waals surface area contributed by atoms with E-state index in [0.29, 0.717) is 24.3 Å². The fourth-order valence-electron chi connectivity index (χ4n) is 5.57. The van der Waals surface area contributed by atoms with E-state index in [1.807, 2.05) is 0 Å². The number of rotatable bonds is 4. The molecule has 19 nitrogen and oxygen atoms in total. The molecular formula is C32H24O19. The number of furan rings is 1. The summed E-state index contributed by atoms with van der Waals surface area (Å²) in [6.45, 7) is -0.999. The van der Waals surface area contributed by atoms with Crippen LogP contribution in [0.3, 0.4) is 0 Å². The number of fused-ring (bicyclic) bond motifs is 4. The van der Waals surface area contributed by atoms with Gasteiger partial charge in [0.2, 0.25) is 17.3 Å². The van der Waals surface area contributed by atoms with Crippen LogP contribution in [0.2, 0.25) is 0 Å². The fourth-order valence-corrected chi connectivity index (χ4v) is 5.57. The highest BCUT2D eigenvalue weighted by Gasteiger charge is 2.53. The van der Waals surface area contributed by atoms with Crippen LogP contribution in [0.5, 0.6) is 51.7 Å². The second kappa shape index (κ2) is 12.5. The minimum atomic E-state index is -2.23. The van der Waals surface area contributed by atoms with E-state index in [-0.39, 0.29) is 5.76 Å². The predicted octanol–water partition coefficient (Wildman–Crippen LogP) is 1.23. The zero-order chi connectivity index (χ0) is 37.0. The van der Waals surface area contributed by atoms with Gasteiger partial charge in [-0.1, -0.05) is 0 Å². The Morgan fingerprint density at radius 3 is 1.82 bits per heavy atom. The molecular weight excluding hydrogens is 688 g/mol. The van der Waals surface area contributed by atoms with E-state index < -0.39 is 140 Å². The molecule has 0 radical (unpaired) electrons. The van der Waals surface area contributed by atoms with E-state index >= 15 is 0 Å². The van der Waals surface area contributed by atoms with Gasteiger partial charge in [-0.25, -0.2) is 14.4 Å². The smallest absolute Gasteiger partial charge is 0.339 e. The number of benzene rings is 3. The van der Waals surface area contributed by atoms with Crippen LogP contribution >= 0.6 is 0 Å². The summed E-state index contributed by atoms with van der Waals surface area (Å²) in [5.41, 5.74) is -4.23. The molecule has 1 aromatic heterocycles. The second-order valence-corrected chi connectivity index (χ2v) is 11.2. The lowest BCUT2D eigenvalue weighted by Crippen LogP contribution is -2.63. The summed E-state index contributed by atoms with van der Waals surface area (Å²) in [6, 6.07) is 4.94. The third-order valence-corrected chi connectivity index (χ3v) is 8.05. The monoisotopic (exact) mass is 712 g/mol. The van der Waals surface area contributed by atoms with Gasteiger partial charge < -0.3 is 74.4 Å². The van der Waals surface area contributed by atoms with Gasteiger partial charge in [0.25, 0.3) is 0 Å². The van der Waals surface area contributed by atoms with Crippen molar-refractivity contribution in [1.29, 1.82) is 0 Å². The first-order chi connectivity index (χ1) is 24.1. The van der Waals surface area contributed by atoms with Crippen LogP contribution in [-0.4, -0.2) is 112 Å². The van der Waals surface area contributed by atoms with Crippen molar-refractivity contribution in [2.24, 2.45) is 0 Å². The Hall–Kier alpha value is -6.86. The largest absolute Gasteiger partial charge is 0.504 e. The first-order valence-electron chi connectivity index (χ1n) is 14.4. The number of hydrogen-bond donors (Lipinski definition) is 10. The normalized spacial score (nSPS) is 21.5. The Labute approximate surface area is 282 Å². The molecule has 4 aromatic rings. The van der Waals surface area contributed by atoms with Crippen molar-refractivity contribution in [2.75, 3.05) is 6.61 Å². The van der Waals surface area contributed by atoms with Crippen molar-refractivity contribution >= 4 is 23.7 Å². The molecule has 19 heteroatoms. The lowest BCUT2D eigenvalue weighted by atomic mass is 9.91. The number of Topliss-reactive ketones (excluding diaryl/α,β-unsaturated/α-hetero) is 1. The molecule has 0 unspecified atom stereocenters. The van der Waals surface area contributed by atoms with Gasteiger partial charge >= 0.3 is 17.9 Å².